The second-order valence-electron chi connectivity index (χ2n) is 7.00. The van der Waals surface area contributed by atoms with Gasteiger partial charge in [0.15, 0.2) is 0 Å². The first-order valence-electron chi connectivity index (χ1n) is 9.11. The lowest BCUT2D eigenvalue weighted by molar-refractivity contribution is 0.0667. The van der Waals surface area contributed by atoms with Gasteiger partial charge in [0.25, 0.3) is 5.91 Å². The number of aryl methyl sites for hydroxylation is 1. The molecule has 3 aromatic rings. The second kappa shape index (κ2) is 7.20. The van der Waals surface area contributed by atoms with Gasteiger partial charge < -0.3 is 4.90 Å². The molecule has 2 aromatic heterocycles. The number of carbonyl (C=O) groups excluding carboxylic acids is 1. The predicted octanol–water partition coefficient (Wildman–Crippen LogP) is 3.43. The third-order valence-electron chi connectivity index (χ3n) is 5.03. The molecule has 1 saturated heterocycles. The average Bonchev–Trinajstić information content (AvgIpc) is 2.69. The molecule has 1 fully saturated rings. The van der Waals surface area contributed by atoms with E-state index in [-0.39, 0.29) is 5.91 Å². The first-order chi connectivity index (χ1) is 12.7. The molecular weight excluding hydrogens is 324 g/mol. The number of pyridine rings is 1. The topological polar surface area (TPSA) is 59.0 Å². The summed E-state index contributed by atoms with van der Waals surface area (Å²) < 4.78 is 0. The van der Waals surface area contributed by atoms with Gasteiger partial charge in [-0.1, -0.05) is 24.3 Å². The third kappa shape index (κ3) is 3.43. The van der Waals surface area contributed by atoms with E-state index >= 15 is 0 Å². The van der Waals surface area contributed by atoms with Gasteiger partial charge in [0.05, 0.1) is 17.4 Å². The normalized spacial score (nSPS) is 17.4. The number of amides is 1. The Balaban J connectivity index is 1.50. The second-order valence-corrected chi connectivity index (χ2v) is 7.00. The molecule has 3 heterocycles. The Morgan fingerprint density at radius 2 is 2.04 bits per heavy atom. The summed E-state index contributed by atoms with van der Waals surface area (Å²) in [5, 5.41) is 1.17. The van der Waals surface area contributed by atoms with E-state index in [0.29, 0.717) is 11.6 Å². The van der Waals surface area contributed by atoms with Crippen molar-refractivity contribution in [3.8, 4) is 0 Å². The van der Waals surface area contributed by atoms with Gasteiger partial charge in [-0.3, -0.25) is 14.8 Å². The van der Waals surface area contributed by atoms with Crippen molar-refractivity contribution in [1.82, 2.24) is 19.9 Å². The van der Waals surface area contributed by atoms with Crippen molar-refractivity contribution in [2.45, 2.75) is 26.2 Å². The lowest BCUT2D eigenvalue weighted by Crippen LogP contribution is -2.40. The molecule has 0 bridgehead atoms. The Kier molecular flexibility index (Phi) is 4.61. The summed E-state index contributed by atoms with van der Waals surface area (Å²) in [6.45, 7) is 3.42. The number of fused-ring (bicyclic) bond motifs is 1. The molecule has 4 rings (SSSR count). The molecule has 0 radical (unpaired) electrons. The first kappa shape index (κ1) is 16.6. The SMILES string of the molecule is Cc1cnc(C(=O)N2CCCC(Cc3cccc4cccnc34)C2)cn1. The Bertz CT molecular complexity index is 917. The van der Waals surface area contributed by atoms with Crippen LogP contribution in [0.2, 0.25) is 0 Å². The largest absolute Gasteiger partial charge is 0.337 e. The number of benzene rings is 1. The van der Waals surface area contributed by atoms with E-state index in [1.165, 1.54) is 10.9 Å². The van der Waals surface area contributed by atoms with Gasteiger partial charge >= 0.3 is 0 Å². The zero-order chi connectivity index (χ0) is 17.9. The Morgan fingerprint density at radius 1 is 1.15 bits per heavy atom. The fraction of sp³-hybridized carbons (Fsp3) is 0.333. The van der Waals surface area contributed by atoms with E-state index in [0.717, 1.165) is 43.6 Å². The number of carbonyl (C=O) groups is 1. The Labute approximate surface area is 153 Å². The number of hydrogen-bond donors (Lipinski definition) is 0. The number of nitrogens with zero attached hydrogens (tertiary/aromatic N) is 4. The van der Waals surface area contributed by atoms with E-state index in [1.54, 1.807) is 12.4 Å². The molecule has 1 amide bonds. The molecule has 5 heteroatoms. The Morgan fingerprint density at radius 3 is 2.88 bits per heavy atom. The number of hydrogen-bond acceptors (Lipinski definition) is 4. The van der Waals surface area contributed by atoms with Crippen LogP contribution in [0.25, 0.3) is 10.9 Å². The quantitative estimate of drug-likeness (QED) is 0.729. The molecule has 5 nitrogen and oxygen atoms in total. The smallest absolute Gasteiger partial charge is 0.274 e. The van der Waals surface area contributed by atoms with Crippen LogP contribution in [0.3, 0.4) is 0 Å². The highest BCUT2D eigenvalue weighted by Crippen LogP contribution is 2.25. The first-order valence-corrected chi connectivity index (χ1v) is 9.11. The summed E-state index contributed by atoms with van der Waals surface area (Å²) in [5.41, 5.74) is 3.59. The lowest BCUT2D eigenvalue weighted by Gasteiger charge is -2.32. The molecule has 26 heavy (non-hydrogen) atoms. The van der Waals surface area contributed by atoms with Gasteiger partial charge in [-0.15, -0.1) is 0 Å². The van der Waals surface area contributed by atoms with Gasteiger partial charge in [-0.25, -0.2) is 4.98 Å². The van der Waals surface area contributed by atoms with E-state index < -0.39 is 0 Å². The molecule has 132 valence electrons. The van der Waals surface area contributed by atoms with Crippen LogP contribution in [0.1, 0.15) is 34.6 Å². The van der Waals surface area contributed by atoms with Crippen molar-refractivity contribution >= 4 is 16.8 Å². The summed E-state index contributed by atoms with van der Waals surface area (Å²) in [5.74, 6) is 0.428. The predicted molar refractivity (Wildman–Crippen MR) is 101 cm³/mol. The minimum atomic E-state index is -0.0155. The summed E-state index contributed by atoms with van der Waals surface area (Å²) in [6, 6.07) is 10.4. The van der Waals surface area contributed by atoms with E-state index in [1.807, 2.05) is 24.1 Å². The third-order valence-corrected chi connectivity index (χ3v) is 5.03. The van der Waals surface area contributed by atoms with Crippen molar-refractivity contribution < 1.29 is 4.79 Å². The summed E-state index contributed by atoms with van der Waals surface area (Å²) in [6.07, 6.45) is 8.17. The molecule has 0 spiro atoms. The fourth-order valence-electron chi connectivity index (χ4n) is 3.72. The number of para-hydroxylation sites is 1. The standard InChI is InChI=1S/C21H22N4O/c1-15-12-24-19(13-23-15)21(26)25-10-4-5-16(14-25)11-18-7-2-6-17-8-3-9-22-20(17)18/h2-3,6-9,12-13,16H,4-5,10-11,14H2,1H3. The van der Waals surface area contributed by atoms with Crippen LogP contribution < -0.4 is 0 Å². The van der Waals surface area contributed by atoms with Gasteiger partial charge in [-0.05, 0) is 43.7 Å². The number of likely N-dealkylation sites (tertiary alicyclic amines) is 1. The average molecular weight is 346 g/mol. The molecule has 1 aliphatic rings. The van der Waals surface area contributed by atoms with Crippen LogP contribution in [0.4, 0.5) is 0 Å². The lowest BCUT2D eigenvalue weighted by atomic mass is 9.90. The van der Waals surface area contributed by atoms with Gasteiger partial charge in [0.1, 0.15) is 5.69 Å². The molecular formula is C21H22N4O. The minimum Gasteiger partial charge on any atom is -0.337 e. The molecule has 1 unspecified atom stereocenters. The maximum Gasteiger partial charge on any atom is 0.274 e. The van der Waals surface area contributed by atoms with Crippen LogP contribution in [-0.2, 0) is 6.42 Å². The molecule has 1 aliphatic heterocycles. The van der Waals surface area contributed by atoms with E-state index in [2.05, 4.69) is 39.2 Å². The minimum absolute atomic E-state index is 0.0155. The van der Waals surface area contributed by atoms with Crippen LogP contribution in [0.5, 0.6) is 0 Å². The maximum absolute atomic E-state index is 12.7. The van der Waals surface area contributed by atoms with E-state index in [9.17, 15) is 4.79 Å². The number of rotatable bonds is 3. The zero-order valence-electron chi connectivity index (χ0n) is 14.9. The van der Waals surface area contributed by atoms with Crippen molar-refractivity contribution in [1.29, 1.82) is 0 Å². The zero-order valence-corrected chi connectivity index (χ0v) is 14.9. The molecule has 1 atom stereocenters. The fourth-order valence-corrected chi connectivity index (χ4v) is 3.72. The number of piperidine rings is 1. The van der Waals surface area contributed by atoms with Gasteiger partial charge in [0, 0.05) is 30.9 Å². The summed E-state index contributed by atoms with van der Waals surface area (Å²) in [4.78, 5) is 27.7. The van der Waals surface area contributed by atoms with Crippen molar-refractivity contribution in [2.75, 3.05) is 13.1 Å². The molecule has 0 N–H and O–H groups in total. The van der Waals surface area contributed by atoms with Gasteiger partial charge in [-0.2, -0.15) is 0 Å². The molecule has 0 aliphatic carbocycles. The van der Waals surface area contributed by atoms with E-state index in [4.69, 9.17) is 0 Å². The van der Waals surface area contributed by atoms with Crippen LogP contribution in [-0.4, -0.2) is 38.8 Å². The molecule has 0 saturated carbocycles. The van der Waals surface area contributed by atoms with Crippen molar-refractivity contribution in [2.24, 2.45) is 5.92 Å². The monoisotopic (exact) mass is 346 g/mol. The highest BCUT2D eigenvalue weighted by atomic mass is 16.2. The Hall–Kier alpha value is -2.82. The highest BCUT2D eigenvalue weighted by molar-refractivity contribution is 5.92. The van der Waals surface area contributed by atoms with Crippen molar-refractivity contribution in [3.63, 3.8) is 0 Å². The summed E-state index contributed by atoms with van der Waals surface area (Å²) >= 11 is 0. The van der Waals surface area contributed by atoms with Crippen LogP contribution >= 0.6 is 0 Å². The molecule has 1 aromatic carbocycles. The number of aromatic nitrogens is 3. The van der Waals surface area contributed by atoms with Gasteiger partial charge in [0.2, 0.25) is 0 Å². The summed E-state index contributed by atoms with van der Waals surface area (Å²) in [7, 11) is 0. The van der Waals surface area contributed by atoms with Crippen molar-refractivity contribution in [3.05, 3.63) is 65.9 Å². The van der Waals surface area contributed by atoms with Crippen LogP contribution in [0.15, 0.2) is 48.9 Å². The highest BCUT2D eigenvalue weighted by Gasteiger charge is 2.26. The maximum atomic E-state index is 12.7. The van der Waals surface area contributed by atoms with Crippen LogP contribution in [0, 0.1) is 12.8 Å².